The molecule has 0 aliphatic carbocycles. The van der Waals surface area contributed by atoms with Crippen LogP contribution in [0.5, 0.6) is 0 Å². The van der Waals surface area contributed by atoms with E-state index < -0.39 is 0 Å². The first-order valence-corrected chi connectivity index (χ1v) is 5.52. The number of rotatable bonds is 1. The Morgan fingerprint density at radius 2 is 2.43 bits per heavy atom. The average molecular weight is 276 g/mol. The summed E-state index contributed by atoms with van der Waals surface area (Å²) >= 11 is 9.37. The molecule has 0 N–H and O–H groups in total. The lowest BCUT2D eigenvalue weighted by molar-refractivity contribution is -0.117. The van der Waals surface area contributed by atoms with E-state index in [1.165, 1.54) is 0 Å². The summed E-state index contributed by atoms with van der Waals surface area (Å²) in [6, 6.07) is 1.76. The van der Waals surface area contributed by atoms with Crippen LogP contribution in [-0.4, -0.2) is 22.3 Å². The molecule has 1 aromatic heterocycles. The second-order valence-corrected chi connectivity index (χ2v) is 4.83. The van der Waals surface area contributed by atoms with Crippen LogP contribution >= 0.6 is 27.5 Å². The standard InChI is InChI=1S/C9H8BrClN2O/c10-6-3-9(14)13(5-6)8-1-2-12-4-7(8)11/h1-2,4,6H,3,5H2. The lowest BCUT2D eigenvalue weighted by atomic mass is 10.3. The van der Waals surface area contributed by atoms with E-state index in [4.69, 9.17) is 11.6 Å². The minimum atomic E-state index is 0.0972. The molecule has 0 bridgehead atoms. The van der Waals surface area contributed by atoms with E-state index in [1.807, 2.05) is 0 Å². The Bertz CT molecular complexity index is 372. The number of aromatic nitrogens is 1. The number of amides is 1. The van der Waals surface area contributed by atoms with Crippen molar-refractivity contribution in [2.45, 2.75) is 11.2 Å². The van der Waals surface area contributed by atoms with E-state index in [-0.39, 0.29) is 10.7 Å². The molecule has 1 aliphatic heterocycles. The van der Waals surface area contributed by atoms with E-state index in [2.05, 4.69) is 20.9 Å². The quantitative estimate of drug-likeness (QED) is 0.737. The molecule has 1 fully saturated rings. The van der Waals surface area contributed by atoms with Gasteiger partial charge in [0, 0.05) is 30.2 Å². The van der Waals surface area contributed by atoms with Gasteiger partial charge in [0.15, 0.2) is 0 Å². The molecule has 1 aromatic rings. The zero-order valence-corrected chi connectivity index (χ0v) is 9.62. The van der Waals surface area contributed by atoms with E-state index in [0.717, 1.165) is 5.69 Å². The number of alkyl halides is 1. The third-order valence-electron chi connectivity index (χ3n) is 2.12. The van der Waals surface area contributed by atoms with Gasteiger partial charge >= 0.3 is 0 Å². The van der Waals surface area contributed by atoms with Crippen LogP contribution in [0.4, 0.5) is 5.69 Å². The number of hydrogen-bond donors (Lipinski definition) is 0. The minimum Gasteiger partial charge on any atom is -0.310 e. The van der Waals surface area contributed by atoms with Crippen molar-refractivity contribution in [1.82, 2.24) is 4.98 Å². The number of pyridine rings is 1. The van der Waals surface area contributed by atoms with Gasteiger partial charge in [-0.2, -0.15) is 0 Å². The van der Waals surface area contributed by atoms with Gasteiger partial charge in [-0.1, -0.05) is 27.5 Å². The Labute approximate surface area is 95.2 Å². The van der Waals surface area contributed by atoms with Crippen LogP contribution in [0.15, 0.2) is 18.5 Å². The highest BCUT2D eigenvalue weighted by Crippen LogP contribution is 2.30. The number of halogens is 2. The van der Waals surface area contributed by atoms with Crippen molar-refractivity contribution in [3.63, 3.8) is 0 Å². The highest BCUT2D eigenvalue weighted by Gasteiger charge is 2.29. The first-order chi connectivity index (χ1) is 6.68. The molecule has 0 saturated carbocycles. The molecule has 2 rings (SSSR count). The average Bonchev–Trinajstić information content (AvgIpc) is 2.46. The van der Waals surface area contributed by atoms with Crippen LogP contribution < -0.4 is 4.90 Å². The Kier molecular flexibility index (Phi) is 2.74. The molecule has 1 amide bonds. The maximum atomic E-state index is 11.6. The van der Waals surface area contributed by atoms with E-state index in [0.29, 0.717) is 18.0 Å². The maximum Gasteiger partial charge on any atom is 0.228 e. The van der Waals surface area contributed by atoms with E-state index >= 15 is 0 Å². The third kappa shape index (κ3) is 1.77. The minimum absolute atomic E-state index is 0.0972. The molecule has 0 spiro atoms. The second kappa shape index (κ2) is 3.87. The molecule has 3 nitrogen and oxygen atoms in total. The topological polar surface area (TPSA) is 33.2 Å². The van der Waals surface area contributed by atoms with Gasteiger partial charge in [0.05, 0.1) is 10.7 Å². The molecule has 74 valence electrons. The smallest absolute Gasteiger partial charge is 0.228 e. The molecular weight excluding hydrogens is 267 g/mol. The first-order valence-electron chi connectivity index (χ1n) is 4.22. The molecule has 1 saturated heterocycles. The van der Waals surface area contributed by atoms with E-state index in [9.17, 15) is 4.79 Å². The monoisotopic (exact) mass is 274 g/mol. The molecule has 1 atom stereocenters. The molecule has 1 aliphatic rings. The first kappa shape index (κ1) is 9.93. The van der Waals surface area contributed by atoms with Gasteiger partial charge in [-0.05, 0) is 6.07 Å². The molecule has 2 heterocycles. The molecular formula is C9H8BrClN2O. The van der Waals surface area contributed by atoms with Crippen molar-refractivity contribution in [2.24, 2.45) is 0 Å². The van der Waals surface area contributed by atoms with Crippen molar-refractivity contribution >= 4 is 39.1 Å². The lowest BCUT2D eigenvalue weighted by Crippen LogP contribution is -2.24. The zero-order valence-electron chi connectivity index (χ0n) is 7.28. The van der Waals surface area contributed by atoms with Gasteiger partial charge in [0.1, 0.15) is 0 Å². The van der Waals surface area contributed by atoms with Gasteiger partial charge in [0.25, 0.3) is 0 Å². The van der Waals surface area contributed by atoms with Gasteiger partial charge in [-0.3, -0.25) is 9.78 Å². The van der Waals surface area contributed by atoms with Gasteiger partial charge in [-0.25, -0.2) is 0 Å². The summed E-state index contributed by atoms with van der Waals surface area (Å²) < 4.78 is 0. The van der Waals surface area contributed by atoms with Crippen molar-refractivity contribution in [2.75, 3.05) is 11.4 Å². The van der Waals surface area contributed by atoms with Crippen molar-refractivity contribution in [3.8, 4) is 0 Å². The normalized spacial score (nSPS) is 21.7. The third-order valence-corrected chi connectivity index (χ3v) is 3.02. The number of carbonyl (C=O) groups excluding carboxylic acids is 1. The summed E-state index contributed by atoms with van der Waals surface area (Å²) in [5.74, 6) is 0.0972. The molecule has 1 unspecified atom stereocenters. The van der Waals surface area contributed by atoms with Crippen LogP contribution in [0.1, 0.15) is 6.42 Å². The predicted octanol–water partition coefficient (Wildman–Crippen LogP) is 2.24. The molecule has 0 aromatic carbocycles. The fourth-order valence-electron chi connectivity index (χ4n) is 1.48. The van der Waals surface area contributed by atoms with Crippen LogP contribution in [-0.2, 0) is 4.79 Å². The zero-order chi connectivity index (χ0) is 10.1. The Morgan fingerprint density at radius 1 is 1.64 bits per heavy atom. The molecule has 14 heavy (non-hydrogen) atoms. The van der Waals surface area contributed by atoms with Crippen LogP contribution in [0.3, 0.4) is 0 Å². The summed E-state index contributed by atoms with van der Waals surface area (Å²) in [5, 5.41) is 0.516. The lowest BCUT2D eigenvalue weighted by Gasteiger charge is -2.16. The van der Waals surface area contributed by atoms with Crippen LogP contribution in [0.2, 0.25) is 5.02 Å². The molecule has 5 heteroatoms. The van der Waals surface area contributed by atoms with Crippen LogP contribution in [0.25, 0.3) is 0 Å². The largest absolute Gasteiger partial charge is 0.310 e. The highest BCUT2D eigenvalue weighted by molar-refractivity contribution is 9.09. The summed E-state index contributed by atoms with van der Waals surface area (Å²) in [6.45, 7) is 0.669. The Hall–Kier alpha value is -0.610. The molecule has 0 radical (unpaired) electrons. The maximum absolute atomic E-state index is 11.6. The summed E-state index contributed by atoms with van der Waals surface area (Å²) in [5.41, 5.74) is 0.744. The fourth-order valence-corrected chi connectivity index (χ4v) is 2.27. The SMILES string of the molecule is O=C1CC(Br)CN1c1ccncc1Cl. The van der Waals surface area contributed by atoms with Crippen molar-refractivity contribution in [3.05, 3.63) is 23.5 Å². The van der Waals surface area contributed by atoms with Gasteiger partial charge in [-0.15, -0.1) is 0 Å². The fraction of sp³-hybridized carbons (Fsp3) is 0.333. The number of anilines is 1. The Morgan fingerprint density at radius 3 is 3.00 bits per heavy atom. The van der Waals surface area contributed by atoms with E-state index in [1.54, 1.807) is 23.4 Å². The van der Waals surface area contributed by atoms with Crippen LogP contribution in [0, 0.1) is 0 Å². The summed E-state index contributed by atoms with van der Waals surface area (Å²) in [7, 11) is 0. The number of nitrogens with zero attached hydrogens (tertiary/aromatic N) is 2. The van der Waals surface area contributed by atoms with Gasteiger partial charge in [0.2, 0.25) is 5.91 Å². The number of hydrogen-bond acceptors (Lipinski definition) is 2. The summed E-state index contributed by atoms with van der Waals surface area (Å²) in [6.07, 6.45) is 3.71. The predicted molar refractivity (Wildman–Crippen MR) is 58.9 cm³/mol. The van der Waals surface area contributed by atoms with Crippen molar-refractivity contribution < 1.29 is 4.79 Å². The van der Waals surface area contributed by atoms with Crippen molar-refractivity contribution in [1.29, 1.82) is 0 Å². The summed E-state index contributed by atoms with van der Waals surface area (Å²) in [4.78, 5) is 17.3. The Balaban J connectivity index is 2.32. The highest BCUT2D eigenvalue weighted by atomic mass is 79.9. The second-order valence-electron chi connectivity index (χ2n) is 3.13. The van der Waals surface area contributed by atoms with Gasteiger partial charge < -0.3 is 4.90 Å². The number of carbonyl (C=O) groups is 1.